The molecule has 1 aliphatic rings. The Balaban J connectivity index is 1.75. The van der Waals surface area contributed by atoms with Gasteiger partial charge >= 0.3 is 0 Å². The zero-order valence-corrected chi connectivity index (χ0v) is 13.5. The summed E-state index contributed by atoms with van der Waals surface area (Å²) in [6.45, 7) is 2.10. The number of carbonyl (C=O) groups excluding carboxylic acids is 1. The number of aryl methyl sites for hydroxylation is 1. The van der Waals surface area contributed by atoms with Crippen molar-refractivity contribution >= 4 is 22.4 Å². The van der Waals surface area contributed by atoms with Crippen molar-refractivity contribution in [2.45, 2.75) is 44.4 Å². The molecule has 3 rings (SSSR count). The number of primary amides is 1. The lowest BCUT2D eigenvalue weighted by Gasteiger charge is -2.29. The van der Waals surface area contributed by atoms with E-state index in [-0.39, 0.29) is 5.91 Å². The van der Waals surface area contributed by atoms with E-state index in [0.717, 1.165) is 31.2 Å². The van der Waals surface area contributed by atoms with Gasteiger partial charge in [-0.2, -0.15) is 0 Å². The van der Waals surface area contributed by atoms with Gasteiger partial charge in [-0.1, -0.05) is 18.2 Å². The van der Waals surface area contributed by atoms with Gasteiger partial charge in [0.25, 0.3) is 0 Å². The maximum absolute atomic E-state index is 11.6. The zero-order valence-electron chi connectivity index (χ0n) is 12.7. The molecule has 1 amide bonds. The molecule has 4 N–H and O–H groups in total. The molecule has 0 bridgehead atoms. The first kappa shape index (κ1) is 15.0. The van der Waals surface area contributed by atoms with Gasteiger partial charge in [-0.05, 0) is 50.2 Å². The minimum absolute atomic E-state index is 0.333. The topological polar surface area (TPSA) is 82.0 Å². The fourth-order valence-electron chi connectivity index (χ4n) is 3.56. The predicted molar refractivity (Wildman–Crippen MR) is 90.2 cm³/mol. The van der Waals surface area contributed by atoms with E-state index in [9.17, 15) is 4.79 Å². The molecular weight excluding hydrogens is 294 g/mol. The van der Waals surface area contributed by atoms with E-state index >= 15 is 0 Å². The Morgan fingerprint density at radius 3 is 2.41 bits per heavy atom. The smallest absolute Gasteiger partial charge is 0.248 e. The van der Waals surface area contributed by atoms with E-state index in [1.807, 2.05) is 24.3 Å². The number of nitrogens with two attached hydrogens (primary N) is 2. The first-order valence-corrected chi connectivity index (χ1v) is 8.49. The monoisotopic (exact) mass is 315 g/mol. The number of rotatable bonds is 3. The minimum Gasteiger partial charge on any atom is -0.375 e. The third kappa shape index (κ3) is 2.86. The molecule has 1 aromatic carbocycles. The third-order valence-corrected chi connectivity index (χ3v) is 5.44. The number of hydrogen-bond acceptors (Lipinski definition) is 4. The van der Waals surface area contributed by atoms with Gasteiger partial charge in [-0.3, -0.25) is 4.79 Å². The van der Waals surface area contributed by atoms with Gasteiger partial charge in [0, 0.05) is 16.4 Å². The standard InChI is InChI=1S/C17H21N3OS/c1-10-15(20-17(19)22-10)12-8-6-11(7-9-12)13-4-2-3-5-14(13)16(18)21/h2-5,11-12H,6-9H2,1H3,(H2,18,21)(H2,19,20). The summed E-state index contributed by atoms with van der Waals surface area (Å²) in [7, 11) is 0. The van der Waals surface area contributed by atoms with Crippen LogP contribution >= 0.6 is 11.3 Å². The Labute approximate surface area is 134 Å². The highest BCUT2D eigenvalue weighted by Crippen LogP contribution is 2.42. The summed E-state index contributed by atoms with van der Waals surface area (Å²) < 4.78 is 0. The van der Waals surface area contributed by atoms with Crippen LogP contribution in [-0.2, 0) is 0 Å². The average molecular weight is 315 g/mol. The average Bonchev–Trinajstić information content (AvgIpc) is 2.86. The number of benzene rings is 1. The summed E-state index contributed by atoms with van der Waals surface area (Å²) in [6.07, 6.45) is 4.29. The SMILES string of the molecule is Cc1sc(N)nc1C1CCC(c2ccccc2C(N)=O)CC1. The van der Waals surface area contributed by atoms with Crippen molar-refractivity contribution in [3.8, 4) is 0 Å². The second kappa shape index (κ2) is 6.08. The molecule has 116 valence electrons. The fraction of sp³-hybridized carbons (Fsp3) is 0.412. The maximum atomic E-state index is 11.6. The van der Waals surface area contributed by atoms with Crippen molar-refractivity contribution in [1.29, 1.82) is 0 Å². The quantitative estimate of drug-likeness (QED) is 0.908. The largest absolute Gasteiger partial charge is 0.375 e. The lowest BCUT2D eigenvalue weighted by atomic mass is 9.76. The van der Waals surface area contributed by atoms with Gasteiger partial charge in [-0.15, -0.1) is 11.3 Å². The van der Waals surface area contributed by atoms with Gasteiger partial charge in [0.15, 0.2) is 5.13 Å². The Morgan fingerprint density at radius 2 is 1.82 bits per heavy atom. The third-order valence-electron chi connectivity index (χ3n) is 4.63. The number of thiazole rings is 1. The van der Waals surface area contributed by atoms with Crippen molar-refractivity contribution in [3.05, 3.63) is 46.0 Å². The summed E-state index contributed by atoms with van der Waals surface area (Å²) in [5, 5.41) is 0.661. The van der Waals surface area contributed by atoms with Crippen LogP contribution in [0.25, 0.3) is 0 Å². The summed E-state index contributed by atoms with van der Waals surface area (Å²) in [4.78, 5) is 17.3. The van der Waals surface area contributed by atoms with Gasteiger partial charge in [-0.25, -0.2) is 4.98 Å². The van der Waals surface area contributed by atoms with Crippen LogP contribution in [-0.4, -0.2) is 10.9 Å². The highest BCUT2D eigenvalue weighted by atomic mass is 32.1. The van der Waals surface area contributed by atoms with Crippen LogP contribution in [0.4, 0.5) is 5.13 Å². The second-order valence-corrected chi connectivity index (χ2v) is 7.23. The van der Waals surface area contributed by atoms with Gasteiger partial charge in [0.1, 0.15) is 0 Å². The van der Waals surface area contributed by atoms with Gasteiger partial charge in [0.2, 0.25) is 5.91 Å². The molecule has 0 unspecified atom stereocenters. The number of carbonyl (C=O) groups is 1. The number of amides is 1. The van der Waals surface area contributed by atoms with Gasteiger partial charge in [0.05, 0.1) is 5.69 Å². The number of aromatic nitrogens is 1. The van der Waals surface area contributed by atoms with E-state index in [0.29, 0.717) is 22.5 Å². The number of hydrogen-bond donors (Lipinski definition) is 2. The van der Waals surface area contributed by atoms with Crippen LogP contribution in [0.2, 0.25) is 0 Å². The van der Waals surface area contributed by atoms with Crippen LogP contribution < -0.4 is 11.5 Å². The molecule has 0 atom stereocenters. The lowest BCUT2D eigenvalue weighted by molar-refractivity contribution is 0.0998. The van der Waals surface area contributed by atoms with E-state index in [1.165, 1.54) is 10.6 Å². The van der Waals surface area contributed by atoms with Crippen molar-refractivity contribution in [1.82, 2.24) is 4.98 Å². The van der Waals surface area contributed by atoms with Crippen molar-refractivity contribution in [3.63, 3.8) is 0 Å². The van der Waals surface area contributed by atoms with E-state index < -0.39 is 0 Å². The summed E-state index contributed by atoms with van der Waals surface area (Å²) in [6, 6.07) is 7.72. The molecule has 1 fully saturated rings. The Bertz CT molecular complexity index is 687. The van der Waals surface area contributed by atoms with Gasteiger partial charge < -0.3 is 11.5 Å². The molecule has 0 radical (unpaired) electrons. The first-order valence-electron chi connectivity index (χ1n) is 7.67. The first-order chi connectivity index (χ1) is 10.6. The Hall–Kier alpha value is -1.88. The molecule has 1 heterocycles. The molecule has 22 heavy (non-hydrogen) atoms. The van der Waals surface area contributed by atoms with Crippen molar-refractivity contribution in [2.75, 3.05) is 5.73 Å². The maximum Gasteiger partial charge on any atom is 0.248 e. The van der Waals surface area contributed by atoms with Crippen molar-refractivity contribution < 1.29 is 4.79 Å². The van der Waals surface area contributed by atoms with E-state index in [2.05, 4.69) is 11.9 Å². The zero-order chi connectivity index (χ0) is 15.7. The molecule has 1 saturated carbocycles. The van der Waals surface area contributed by atoms with Crippen LogP contribution in [0.3, 0.4) is 0 Å². The molecular formula is C17H21N3OS. The minimum atomic E-state index is -0.333. The van der Waals surface area contributed by atoms with Crippen LogP contribution in [0.5, 0.6) is 0 Å². The summed E-state index contributed by atoms with van der Waals surface area (Å²) in [5.41, 5.74) is 14.3. The normalized spacial score (nSPS) is 21.7. The fourth-order valence-corrected chi connectivity index (χ4v) is 4.34. The number of nitrogen functional groups attached to an aromatic ring is 1. The second-order valence-electron chi connectivity index (χ2n) is 5.99. The summed E-state index contributed by atoms with van der Waals surface area (Å²) >= 11 is 1.57. The van der Waals surface area contributed by atoms with Crippen LogP contribution in [0.15, 0.2) is 24.3 Å². The molecule has 0 saturated heterocycles. The Kier molecular flexibility index (Phi) is 4.16. The Morgan fingerprint density at radius 1 is 1.18 bits per heavy atom. The highest BCUT2D eigenvalue weighted by Gasteiger charge is 2.27. The highest BCUT2D eigenvalue weighted by molar-refractivity contribution is 7.15. The molecule has 2 aromatic rings. The predicted octanol–water partition coefficient (Wildman–Crippen LogP) is 3.57. The molecule has 4 nitrogen and oxygen atoms in total. The van der Waals surface area contributed by atoms with E-state index in [4.69, 9.17) is 11.5 Å². The molecule has 5 heteroatoms. The number of nitrogens with zero attached hydrogens (tertiary/aromatic N) is 1. The molecule has 1 aromatic heterocycles. The van der Waals surface area contributed by atoms with Crippen molar-refractivity contribution in [2.24, 2.45) is 5.73 Å². The molecule has 0 aliphatic heterocycles. The number of anilines is 1. The lowest BCUT2D eigenvalue weighted by Crippen LogP contribution is -2.18. The van der Waals surface area contributed by atoms with E-state index in [1.54, 1.807) is 11.3 Å². The van der Waals surface area contributed by atoms with Crippen LogP contribution in [0.1, 0.15) is 64.0 Å². The molecule has 0 spiro atoms. The molecule has 1 aliphatic carbocycles. The van der Waals surface area contributed by atoms with Crippen LogP contribution in [0, 0.1) is 6.92 Å². The summed E-state index contributed by atoms with van der Waals surface area (Å²) in [5.74, 6) is 0.572.